The Morgan fingerprint density at radius 1 is 0.926 bits per heavy atom. The normalized spacial score (nSPS) is 17.7. The number of hydrogen-bond donors (Lipinski definition) is 0. The largest absolute Gasteiger partial charge is 0.308 e. The summed E-state index contributed by atoms with van der Waals surface area (Å²) in [6, 6.07) is 10.5. The number of aryl methyl sites for hydroxylation is 1. The van der Waals surface area contributed by atoms with E-state index in [0.717, 1.165) is 36.9 Å². The van der Waals surface area contributed by atoms with Crippen LogP contribution in [0.5, 0.6) is 0 Å². The lowest BCUT2D eigenvalue weighted by Crippen LogP contribution is -2.35. The van der Waals surface area contributed by atoms with Gasteiger partial charge in [-0.3, -0.25) is 4.79 Å². The van der Waals surface area contributed by atoms with E-state index < -0.39 is 10.0 Å². The second-order valence-electron chi connectivity index (χ2n) is 6.97. The first-order valence-corrected chi connectivity index (χ1v) is 10.6. The van der Waals surface area contributed by atoms with Crippen LogP contribution in [0.3, 0.4) is 0 Å². The summed E-state index contributed by atoms with van der Waals surface area (Å²) in [6.45, 7) is 1.69. The highest BCUT2D eigenvalue weighted by atomic mass is 32.2. The number of carbonyl (C=O) groups is 1. The molecule has 0 saturated carbocycles. The predicted octanol–water partition coefficient (Wildman–Crippen LogP) is 3.20. The topological polar surface area (TPSA) is 57.7 Å². The smallest absolute Gasteiger partial charge is 0.258 e. The fourth-order valence-electron chi connectivity index (χ4n) is 3.77. The maximum absolute atomic E-state index is 13.1. The van der Waals surface area contributed by atoms with Crippen LogP contribution in [0.1, 0.15) is 35.2 Å². The molecule has 0 spiro atoms. The Hall–Kier alpha value is -2.25. The Morgan fingerprint density at radius 3 is 2.33 bits per heavy atom. The second kappa shape index (κ2) is 7.05. The number of rotatable bonds is 3. The Kier molecular flexibility index (Phi) is 4.74. The van der Waals surface area contributed by atoms with Crippen LogP contribution in [-0.4, -0.2) is 38.3 Å². The van der Waals surface area contributed by atoms with E-state index in [4.69, 9.17) is 0 Å². The number of benzene rings is 2. The molecule has 7 heteroatoms. The van der Waals surface area contributed by atoms with E-state index in [1.54, 1.807) is 23.1 Å². The minimum atomic E-state index is -3.48. The van der Waals surface area contributed by atoms with Crippen molar-refractivity contribution in [2.24, 2.45) is 0 Å². The Labute approximate surface area is 158 Å². The number of halogens is 1. The first kappa shape index (κ1) is 18.1. The van der Waals surface area contributed by atoms with Crippen molar-refractivity contribution in [2.45, 2.75) is 30.6 Å². The van der Waals surface area contributed by atoms with Crippen molar-refractivity contribution in [3.63, 3.8) is 0 Å². The fraction of sp³-hybridized carbons (Fsp3) is 0.350. The molecule has 27 heavy (non-hydrogen) atoms. The minimum absolute atomic E-state index is 0.203. The summed E-state index contributed by atoms with van der Waals surface area (Å²) in [5, 5.41) is 0. The Bertz CT molecular complexity index is 967. The van der Waals surface area contributed by atoms with Gasteiger partial charge in [-0.25, -0.2) is 12.8 Å². The minimum Gasteiger partial charge on any atom is -0.308 e. The first-order chi connectivity index (χ1) is 13.0. The van der Waals surface area contributed by atoms with Gasteiger partial charge in [0.15, 0.2) is 0 Å². The molecule has 0 radical (unpaired) electrons. The van der Waals surface area contributed by atoms with Crippen molar-refractivity contribution >= 4 is 21.6 Å². The second-order valence-corrected chi connectivity index (χ2v) is 8.91. The van der Waals surface area contributed by atoms with Gasteiger partial charge in [-0.05, 0) is 73.7 Å². The lowest BCUT2D eigenvalue weighted by Gasteiger charge is -2.30. The van der Waals surface area contributed by atoms with E-state index in [9.17, 15) is 17.6 Å². The van der Waals surface area contributed by atoms with Gasteiger partial charge in [0, 0.05) is 30.9 Å². The van der Waals surface area contributed by atoms with E-state index >= 15 is 0 Å². The van der Waals surface area contributed by atoms with E-state index in [0.29, 0.717) is 30.1 Å². The summed E-state index contributed by atoms with van der Waals surface area (Å²) in [5.41, 5.74) is 2.01. The lowest BCUT2D eigenvalue weighted by atomic mass is 10.0. The predicted molar refractivity (Wildman–Crippen MR) is 101 cm³/mol. The zero-order valence-electron chi connectivity index (χ0n) is 14.9. The van der Waals surface area contributed by atoms with Gasteiger partial charge in [0.2, 0.25) is 10.0 Å². The molecule has 1 amide bonds. The van der Waals surface area contributed by atoms with Gasteiger partial charge in [0.05, 0.1) is 4.90 Å². The highest BCUT2D eigenvalue weighted by Gasteiger charge is 2.30. The number of carbonyl (C=O) groups excluding carboxylic acids is 1. The van der Waals surface area contributed by atoms with Gasteiger partial charge >= 0.3 is 0 Å². The number of nitrogens with zero attached hydrogens (tertiary/aromatic N) is 2. The first-order valence-electron chi connectivity index (χ1n) is 9.17. The maximum Gasteiger partial charge on any atom is 0.258 e. The van der Waals surface area contributed by atoms with Gasteiger partial charge < -0.3 is 4.90 Å². The summed E-state index contributed by atoms with van der Waals surface area (Å²) in [6.07, 6.45) is 3.27. The van der Waals surface area contributed by atoms with Gasteiger partial charge in [-0.1, -0.05) is 0 Å². The van der Waals surface area contributed by atoms with Crippen molar-refractivity contribution in [2.75, 3.05) is 24.5 Å². The molecule has 1 saturated heterocycles. The summed E-state index contributed by atoms with van der Waals surface area (Å²) in [7, 11) is -3.48. The molecule has 0 atom stereocenters. The van der Waals surface area contributed by atoms with Crippen molar-refractivity contribution in [1.82, 2.24) is 4.31 Å². The Morgan fingerprint density at radius 2 is 1.63 bits per heavy atom. The molecule has 1 fully saturated rings. The third-order valence-corrected chi connectivity index (χ3v) is 7.10. The summed E-state index contributed by atoms with van der Waals surface area (Å²) in [5.74, 6) is -0.589. The molecule has 2 heterocycles. The SMILES string of the molecule is O=C(c1ccc(F)cc1)N1CCCc2cc(S(=O)(=O)N3CCCC3)ccc21. The van der Waals surface area contributed by atoms with Crippen molar-refractivity contribution in [3.05, 3.63) is 59.4 Å². The molecule has 0 N–H and O–H groups in total. The van der Waals surface area contributed by atoms with Gasteiger partial charge in [-0.2, -0.15) is 4.31 Å². The summed E-state index contributed by atoms with van der Waals surface area (Å²) >= 11 is 0. The van der Waals surface area contributed by atoms with Crippen LogP contribution in [0.25, 0.3) is 0 Å². The van der Waals surface area contributed by atoms with Crippen LogP contribution in [0, 0.1) is 5.82 Å². The highest BCUT2D eigenvalue weighted by Crippen LogP contribution is 2.32. The quantitative estimate of drug-likeness (QED) is 0.811. The fourth-order valence-corrected chi connectivity index (χ4v) is 5.34. The van der Waals surface area contributed by atoms with E-state index in [2.05, 4.69) is 0 Å². The number of amides is 1. The van der Waals surface area contributed by atoms with Crippen molar-refractivity contribution < 1.29 is 17.6 Å². The molecule has 2 aromatic rings. The van der Waals surface area contributed by atoms with Gasteiger partial charge in [-0.15, -0.1) is 0 Å². The van der Waals surface area contributed by atoms with Crippen LogP contribution in [0.15, 0.2) is 47.4 Å². The van der Waals surface area contributed by atoms with Gasteiger partial charge in [0.1, 0.15) is 5.82 Å². The lowest BCUT2D eigenvalue weighted by molar-refractivity contribution is 0.0985. The van der Waals surface area contributed by atoms with Crippen molar-refractivity contribution in [3.8, 4) is 0 Å². The number of sulfonamides is 1. The van der Waals surface area contributed by atoms with E-state index in [1.165, 1.54) is 28.6 Å². The Balaban J connectivity index is 1.66. The summed E-state index contributed by atoms with van der Waals surface area (Å²) in [4.78, 5) is 14.8. The molecule has 2 aromatic carbocycles. The standard InChI is InChI=1S/C20H21FN2O3S/c21-17-7-5-15(6-8-17)20(24)23-13-3-4-16-14-18(9-10-19(16)23)27(25,26)22-11-1-2-12-22/h5-10,14H,1-4,11-13H2. The molecule has 2 aliphatic rings. The molecule has 2 aliphatic heterocycles. The van der Waals surface area contributed by atoms with Crippen LogP contribution < -0.4 is 4.90 Å². The van der Waals surface area contributed by atoms with Crippen LogP contribution in [0.4, 0.5) is 10.1 Å². The summed E-state index contributed by atoms with van der Waals surface area (Å²) < 4.78 is 40.3. The average molecular weight is 388 g/mol. The molecule has 5 nitrogen and oxygen atoms in total. The monoisotopic (exact) mass is 388 g/mol. The molecular formula is C20H21FN2O3S. The van der Waals surface area contributed by atoms with Crippen LogP contribution in [0.2, 0.25) is 0 Å². The van der Waals surface area contributed by atoms with Crippen LogP contribution >= 0.6 is 0 Å². The molecule has 0 unspecified atom stereocenters. The van der Waals surface area contributed by atoms with E-state index in [-0.39, 0.29) is 11.7 Å². The molecule has 0 bridgehead atoms. The zero-order valence-corrected chi connectivity index (χ0v) is 15.7. The zero-order chi connectivity index (χ0) is 19.0. The molecule has 0 aromatic heterocycles. The molecular weight excluding hydrogens is 367 g/mol. The van der Waals surface area contributed by atoms with E-state index in [1.807, 2.05) is 0 Å². The molecule has 142 valence electrons. The number of hydrogen-bond acceptors (Lipinski definition) is 3. The highest BCUT2D eigenvalue weighted by molar-refractivity contribution is 7.89. The maximum atomic E-state index is 13.1. The van der Waals surface area contributed by atoms with Crippen molar-refractivity contribution in [1.29, 1.82) is 0 Å². The molecule has 4 rings (SSSR count). The number of fused-ring (bicyclic) bond motifs is 1. The van der Waals surface area contributed by atoms with Gasteiger partial charge in [0.25, 0.3) is 5.91 Å². The molecule has 0 aliphatic carbocycles. The number of anilines is 1. The third kappa shape index (κ3) is 3.37. The van der Waals surface area contributed by atoms with Crippen LogP contribution in [-0.2, 0) is 16.4 Å². The third-order valence-electron chi connectivity index (χ3n) is 5.21. The average Bonchev–Trinajstić information content (AvgIpc) is 3.23.